The molecule has 224 valence electrons. The summed E-state index contributed by atoms with van der Waals surface area (Å²) in [7, 11) is -4.05. The van der Waals surface area contributed by atoms with Crippen molar-refractivity contribution < 1.29 is 22.7 Å². The zero-order chi connectivity index (χ0) is 30.3. The molecule has 2 unspecified atom stereocenters. The van der Waals surface area contributed by atoms with E-state index in [9.17, 15) is 22.8 Å². The number of aromatic amines is 1. The van der Waals surface area contributed by atoms with Gasteiger partial charge in [0.1, 0.15) is 17.5 Å². The number of sulfonamides is 1. The number of carbonyl (C=O) groups is 2. The van der Waals surface area contributed by atoms with Gasteiger partial charge in [0.25, 0.3) is 5.91 Å². The number of esters is 1. The van der Waals surface area contributed by atoms with E-state index in [0.29, 0.717) is 11.4 Å². The molecule has 12 heteroatoms. The van der Waals surface area contributed by atoms with Crippen LogP contribution >= 0.6 is 0 Å². The van der Waals surface area contributed by atoms with E-state index in [0.717, 1.165) is 31.6 Å². The number of nitrogens with one attached hydrogen (secondary N) is 4. The van der Waals surface area contributed by atoms with Gasteiger partial charge in [0.15, 0.2) is 0 Å². The van der Waals surface area contributed by atoms with Crippen LogP contribution in [-0.4, -0.2) is 62.6 Å². The number of hydrogen-bond donors (Lipinski definition) is 4. The molecule has 1 aromatic heterocycles. The van der Waals surface area contributed by atoms with E-state index in [1.165, 1.54) is 18.2 Å². The zero-order valence-corrected chi connectivity index (χ0v) is 24.7. The van der Waals surface area contributed by atoms with Crippen molar-refractivity contribution >= 4 is 33.4 Å². The lowest BCUT2D eigenvalue weighted by Crippen LogP contribution is -2.50. The molecule has 0 bridgehead atoms. The fourth-order valence-electron chi connectivity index (χ4n) is 4.60. The van der Waals surface area contributed by atoms with E-state index in [-0.39, 0.29) is 23.0 Å². The van der Waals surface area contributed by atoms with Gasteiger partial charge in [-0.05, 0) is 76.1 Å². The molecule has 0 saturated carbocycles. The molecule has 1 aliphatic rings. The first kappa shape index (κ1) is 30.8. The van der Waals surface area contributed by atoms with E-state index in [1.54, 1.807) is 57.2 Å². The highest BCUT2D eigenvalue weighted by molar-refractivity contribution is 7.89. The highest BCUT2D eigenvalue weighted by Crippen LogP contribution is 2.22. The third-order valence-electron chi connectivity index (χ3n) is 6.55. The van der Waals surface area contributed by atoms with E-state index in [1.807, 2.05) is 18.2 Å². The minimum absolute atomic E-state index is 0.00678. The standard InChI is InChI=1S/C30H37N5O6S/c1-30(2,3)41-29(38)25(34-42(39,40)24-10-5-4-6-11-24)19-31-28(37)21-14-16-23(17-15-21)35-18-8-9-22(20-35)32-26-12-7-13-27(36)33-26/h4-7,10-17,22,25,34H,8-9,18-20H2,1-3H3,(H,31,37)(H2,32,33,36). The molecule has 0 spiro atoms. The highest BCUT2D eigenvalue weighted by atomic mass is 32.2. The van der Waals surface area contributed by atoms with E-state index >= 15 is 0 Å². The fourth-order valence-corrected chi connectivity index (χ4v) is 5.81. The number of rotatable bonds is 10. The molecule has 1 amide bonds. The second kappa shape index (κ2) is 13.2. The Morgan fingerprint density at radius 1 is 1.02 bits per heavy atom. The topological polar surface area (TPSA) is 150 Å². The Morgan fingerprint density at radius 3 is 2.40 bits per heavy atom. The Labute approximate surface area is 245 Å². The van der Waals surface area contributed by atoms with Gasteiger partial charge in [0.05, 0.1) is 4.90 Å². The molecular weight excluding hydrogens is 558 g/mol. The number of nitrogens with zero attached hydrogens (tertiary/aromatic N) is 1. The third-order valence-corrected chi connectivity index (χ3v) is 8.04. The molecule has 0 radical (unpaired) electrons. The molecule has 2 heterocycles. The number of H-pyrrole nitrogens is 1. The predicted octanol–water partition coefficient (Wildman–Crippen LogP) is 2.87. The van der Waals surface area contributed by atoms with Gasteiger partial charge in [-0.25, -0.2) is 8.42 Å². The van der Waals surface area contributed by atoms with Gasteiger partial charge >= 0.3 is 5.97 Å². The van der Waals surface area contributed by atoms with Gasteiger partial charge in [-0.3, -0.25) is 14.4 Å². The molecule has 3 aromatic rings. The maximum atomic E-state index is 13.0. The fraction of sp³-hybridized carbons (Fsp3) is 0.367. The van der Waals surface area contributed by atoms with Gasteiger partial charge in [0, 0.05) is 43.0 Å². The van der Waals surface area contributed by atoms with Gasteiger partial charge < -0.3 is 25.3 Å². The van der Waals surface area contributed by atoms with Crippen LogP contribution in [0.25, 0.3) is 0 Å². The number of carbonyl (C=O) groups excluding carboxylic acids is 2. The van der Waals surface area contributed by atoms with Crippen molar-refractivity contribution in [1.29, 1.82) is 0 Å². The van der Waals surface area contributed by atoms with Crippen molar-refractivity contribution in [2.24, 2.45) is 0 Å². The number of ether oxygens (including phenoxy) is 1. The molecular formula is C30H37N5O6S. The van der Waals surface area contributed by atoms with E-state index in [2.05, 4.69) is 25.2 Å². The Hall–Kier alpha value is -4.16. The van der Waals surface area contributed by atoms with Crippen molar-refractivity contribution in [1.82, 2.24) is 15.0 Å². The second-order valence-corrected chi connectivity index (χ2v) is 12.8. The van der Waals surface area contributed by atoms with Crippen LogP contribution in [0.2, 0.25) is 0 Å². The minimum atomic E-state index is -4.05. The summed E-state index contributed by atoms with van der Waals surface area (Å²) in [6, 6.07) is 18.6. The molecule has 42 heavy (non-hydrogen) atoms. The van der Waals surface area contributed by atoms with Crippen LogP contribution in [0.5, 0.6) is 0 Å². The Bertz CT molecular complexity index is 1530. The van der Waals surface area contributed by atoms with E-state index in [4.69, 9.17) is 4.74 Å². The van der Waals surface area contributed by atoms with Crippen LogP contribution in [0.15, 0.2) is 82.5 Å². The molecule has 4 N–H and O–H groups in total. The van der Waals surface area contributed by atoms with Crippen molar-refractivity contribution in [3.63, 3.8) is 0 Å². The van der Waals surface area contributed by atoms with Gasteiger partial charge in [0.2, 0.25) is 15.6 Å². The summed E-state index contributed by atoms with van der Waals surface area (Å²) in [5.74, 6) is -0.581. The number of piperidine rings is 1. The number of pyridine rings is 1. The summed E-state index contributed by atoms with van der Waals surface area (Å²) in [6.07, 6.45) is 1.92. The molecule has 2 aromatic carbocycles. The molecule has 1 aliphatic heterocycles. The average molecular weight is 596 g/mol. The van der Waals surface area contributed by atoms with Crippen molar-refractivity contribution in [2.45, 2.75) is 56.2 Å². The van der Waals surface area contributed by atoms with Gasteiger partial charge in [-0.2, -0.15) is 4.72 Å². The number of amides is 1. The van der Waals surface area contributed by atoms with E-state index < -0.39 is 33.5 Å². The largest absolute Gasteiger partial charge is 0.459 e. The average Bonchev–Trinajstić information content (AvgIpc) is 2.95. The maximum Gasteiger partial charge on any atom is 0.326 e. The Balaban J connectivity index is 1.39. The maximum absolute atomic E-state index is 13.0. The van der Waals surface area contributed by atoms with Crippen LogP contribution < -0.4 is 25.8 Å². The lowest BCUT2D eigenvalue weighted by atomic mass is 10.0. The number of anilines is 2. The second-order valence-electron chi connectivity index (χ2n) is 11.1. The monoisotopic (exact) mass is 595 g/mol. The summed E-state index contributed by atoms with van der Waals surface area (Å²) in [4.78, 5) is 42.4. The Kier molecular flexibility index (Phi) is 9.69. The third kappa shape index (κ3) is 8.67. The summed E-state index contributed by atoms with van der Waals surface area (Å²) in [5.41, 5.74) is 0.296. The molecule has 4 rings (SSSR count). The van der Waals surface area contributed by atoms with Gasteiger partial charge in [-0.1, -0.05) is 24.3 Å². The minimum Gasteiger partial charge on any atom is -0.459 e. The van der Waals surface area contributed by atoms with Crippen LogP contribution in [0.1, 0.15) is 44.0 Å². The highest BCUT2D eigenvalue weighted by Gasteiger charge is 2.30. The summed E-state index contributed by atoms with van der Waals surface area (Å²) in [6.45, 7) is 6.31. The lowest BCUT2D eigenvalue weighted by molar-refractivity contribution is -0.156. The van der Waals surface area contributed by atoms with Gasteiger partial charge in [-0.15, -0.1) is 0 Å². The molecule has 11 nitrogen and oxygen atoms in total. The van der Waals surface area contributed by atoms with Crippen molar-refractivity contribution in [3.05, 3.63) is 88.7 Å². The molecule has 2 atom stereocenters. The SMILES string of the molecule is CC(C)(C)OC(=O)C(CNC(=O)c1ccc(N2CCCC(Nc3cccc(=O)[nH]3)C2)cc1)NS(=O)(=O)c1ccccc1. The normalized spacial score (nSPS) is 16.4. The van der Waals surface area contributed by atoms with Crippen molar-refractivity contribution in [2.75, 3.05) is 29.9 Å². The first-order chi connectivity index (χ1) is 19.9. The predicted molar refractivity (Wildman–Crippen MR) is 161 cm³/mol. The summed E-state index contributed by atoms with van der Waals surface area (Å²) in [5, 5.41) is 6.04. The zero-order valence-electron chi connectivity index (χ0n) is 23.9. The van der Waals surface area contributed by atoms with Crippen LogP contribution in [0, 0.1) is 0 Å². The summed E-state index contributed by atoms with van der Waals surface area (Å²) >= 11 is 0. The molecule has 0 aliphatic carbocycles. The number of aromatic nitrogens is 1. The molecule has 1 fully saturated rings. The van der Waals surface area contributed by atoms with Crippen molar-refractivity contribution in [3.8, 4) is 0 Å². The lowest BCUT2D eigenvalue weighted by Gasteiger charge is -2.35. The Morgan fingerprint density at radius 2 is 1.74 bits per heavy atom. The first-order valence-corrected chi connectivity index (χ1v) is 15.3. The van der Waals surface area contributed by atoms with Crippen LogP contribution in [0.3, 0.4) is 0 Å². The quantitative estimate of drug-likeness (QED) is 0.262. The number of benzene rings is 2. The molecule has 1 saturated heterocycles. The summed E-state index contributed by atoms with van der Waals surface area (Å²) < 4.78 is 33.6. The van der Waals surface area contributed by atoms with Crippen LogP contribution in [-0.2, 0) is 19.6 Å². The first-order valence-electron chi connectivity index (χ1n) is 13.8. The van der Waals surface area contributed by atoms with Crippen LogP contribution in [0.4, 0.5) is 11.5 Å². The smallest absolute Gasteiger partial charge is 0.326 e. The number of hydrogen-bond acceptors (Lipinski definition) is 8.